The number of alkyl carbamates (subject to hydrolysis) is 1. The number of hydrogen-bond donors (Lipinski definition) is 2. The summed E-state index contributed by atoms with van der Waals surface area (Å²) in [5.74, 6) is -0.308. The molecule has 1 rings (SSSR count). The van der Waals surface area contributed by atoms with Crippen LogP contribution in [0.25, 0.3) is 0 Å². The first kappa shape index (κ1) is 13.5. The Kier molecular flexibility index (Phi) is 4.96. The van der Waals surface area contributed by atoms with Gasteiger partial charge in [0, 0.05) is 10.2 Å². The molecule has 1 aromatic rings. The molecule has 0 saturated heterocycles. The van der Waals surface area contributed by atoms with E-state index in [9.17, 15) is 9.59 Å². The van der Waals surface area contributed by atoms with Crippen LogP contribution in [0.3, 0.4) is 0 Å². The summed E-state index contributed by atoms with van der Waals surface area (Å²) in [6, 6.07) is 5.45. The molecular formula is C11H13BrN2O3. The second-order valence-electron chi connectivity index (χ2n) is 3.36. The van der Waals surface area contributed by atoms with Crippen molar-refractivity contribution in [3.63, 3.8) is 0 Å². The van der Waals surface area contributed by atoms with Crippen LogP contribution in [0.5, 0.6) is 0 Å². The number of ether oxygens (including phenoxy) is 1. The number of hydrogen-bond acceptors (Lipinski definition) is 3. The zero-order valence-electron chi connectivity index (χ0n) is 9.54. The van der Waals surface area contributed by atoms with Crippen LogP contribution < -0.4 is 10.6 Å². The Hall–Kier alpha value is -1.56. The summed E-state index contributed by atoms with van der Waals surface area (Å²) in [6.07, 6.45) is -0.632. The lowest BCUT2D eigenvalue weighted by Gasteiger charge is -2.07. The number of aryl methyl sites for hydroxylation is 1. The summed E-state index contributed by atoms with van der Waals surface area (Å²) in [5, 5.41) is 4.96. The van der Waals surface area contributed by atoms with Gasteiger partial charge in [0.2, 0.25) is 5.91 Å². The number of rotatable bonds is 3. The van der Waals surface area contributed by atoms with Crippen LogP contribution in [0.1, 0.15) is 5.56 Å². The molecule has 0 bridgehead atoms. The third-order valence-corrected chi connectivity index (χ3v) is 2.91. The maximum atomic E-state index is 11.4. The van der Waals surface area contributed by atoms with E-state index in [1.165, 1.54) is 7.11 Å². The molecule has 6 heteroatoms. The topological polar surface area (TPSA) is 67.4 Å². The molecule has 2 N–H and O–H groups in total. The molecule has 0 unspecified atom stereocenters. The van der Waals surface area contributed by atoms with Crippen molar-refractivity contribution in [1.29, 1.82) is 0 Å². The predicted molar refractivity (Wildman–Crippen MR) is 67.9 cm³/mol. The van der Waals surface area contributed by atoms with Crippen LogP contribution in [0.4, 0.5) is 10.5 Å². The smallest absolute Gasteiger partial charge is 0.407 e. The minimum Gasteiger partial charge on any atom is -0.453 e. The highest BCUT2D eigenvalue weighted by Gasteiger charge is 2.05. The van der Waals surface area contributed by atoms with E-state index >= 15 is 0 Å². The van der Waals surface area contributed by atoms with Crippen molar-refractivity contribution in [3.05, 3.63) is 28.2 Å². The highest BCUT2D eigenvalue weighted by atomic mass is 79.9. The number of carbonyl (C=O) groups is 2. The highest BCUT2D eigenvalue weighted by molar-refractivity contribution is 9.10. The van der Waals surface area contributed by atoms with Gasteiger partial charge in [-0.1, -0.05) is 15.9 Å². The van der Waals surface area contributed by atoms with Crippen LogP contribution >= 0.6 is 15.9 Å². The highest BCUT2D eigenvalue weighted by Crippen LogP contribution is 2.19. The van der Waals surface area contributed by atoms with Gasteiger partial charge in [-0.15, -0.1) is 0 Å². The van der Waals surface area contributed by atoms with Crippen LogP contribution in [0.2, 0.25) is 0 Å². The molecular weight excluding hydrogens is 288 g/mol. The Bertz CT molecular complexity index is 435. The summed E-state index contributed by atoms with van der Waals surface area (Å²) in [5.41, 5.74) is 1.70. The zero-order valence-corrected chi connectivity index (χ0v) is 11.1. The van der Waals surface area contributed by atoms with E-state index in [1.54, 1.807) is 6.07 Å². The minimum absolute atomic E-state index is 0.123. The lowest BCUT2D eigenvalue weighted by atomic mass is 10.2. The number of benzene rings is 1. The third-order valence-electron chi connectivity index (χ3n) is 2.02. The van der Waals surface area contributed by atoms with E-state index in [0.29, 0.717) is 5.69 Å². The number of halogens is 1. The van der Waals surface area contributed by atoms with Crippen molar-refractivity contribution in [2.24, 2.45) is 0 Å². The van der Waals surface area contributed by atoms with E-state index in [-0.39, 0.29) is 12.5 Å². The van der Waals surface area contributed by atoms with Crippen molar-refractivity contribution >= 4 is 33.6 Å². The largest absolute Gasteiger partial charge is 0.453 e. The molecule has 0 aliphatic heterocycles. The summed E-state index contributed by atoms with van der Waals surface area (Å²) in [6.45, 7) is 1.80. The number of methoxy groups -OCH3 is 1. The molecule has 0 aromatic heterocycles. The zero-order chi connectivity index (χ0) is 12.8. The second kappa shape index (κ2) is 6.24. The first-order valence-electron chi connectivity index (χ1n) is 4.90. The van der Waals surface area contributed by atoms with E-state index in [0.717, 1.165) is 10.0 Å². The molecule has 5 nitrogen and oxygen atoms in total. The summed E-state index contributed by atoms with van der Waals surface area (Å²) >= 11 is 3.37. The minimum atomic E-state index is -0.632. The number of amides is 2. The van der Waals surface area contributed by atoms with Gasteiger partial charge in [-0.2, -0.15) is 0 Å². The summed E-state index contributed by atoms with van der Waals surface area (Å²) < 4.78 is 5.32. The van der Waals surface area contributed by atoms with Crippen molar-refractivity contribution in [1.82, 2.24) is 5.32 Å². The molecule has 17 heavy (non-hydrogen) atoms. The van der Waals surface area contributed by atoms with Gasteiger partial charge in [0.1, 0.15) is 6.54 Å². The van der Waals surface area contributed by atoms with Gasteiger partial charge in [0.05, 0.1) is 7.11 Å². The average Bonchev–Trinajstić information content (AvgIpc) is 2.31. The van der Waals surface area contributed by atoms with Crippen molar-refractivity contribution in [3.8, 4) is 0 Å². The maximum Gasteiger partial charge on any atom is 0.407 e. The van der Waals surface area contributed by atoms with E-state index in [2.05, 4.69) is 31.3 Å². The number of carbonyl (C=O) groups excluding carboxylic acids is 2. The summed E-state index contributed by atoms with van der Waals surface area (Å²) in [4.78, 5) is 22.2. The Morgan fingerprint density at radius 3 is 2.71 bits per heavy atom. The predicted octanol–water partition coefficient (Wildman–Crippen LogP) is 2.05. The SMILES string of the molecule is COC(=O)NCC(=O)Nc1ccc(Br)c(C)c1. The van der Waals surface area contributed by atoms with E-state index in [4.69, 9.17) is 0 Å². The lowest BCUT2D eigenvalue weighted by molar-refractivity contribution is -0.115. The Labute approximate surface area is 108 Å². The van der Waals surface area contributed by atoms with Gasteiger partial charge in [0.25, 0.3) is 0 Å². The summed E-state index contributed by atoms with van der Waals surface area (Å²) in [7, 11) is 1.24. The Morgan fingerprint density at radius 2 is 2.12 bits per heavy atom. The fourth-order valence-electron chi connectivity index (χ4n) is 1.15. The van der Waals surface area contributed by atoms with Gasteiger partial charge in [-0.25, -0.2) is 4.79 Å². The molecule has 0 aliphatic carbocycles. The monoisotopic (exact) mass is 300 g/mol. The fraction of sp³-hybridized carbons (Fsp3) is 0.273. The molecule has 1 aromatic carbocycles. The number of nitrogens with one attached hydrogen (secondary N) is 2. The van der Waals surface area contributed by atoms with Gasteiger partial charge in [-0.3, -0.25) is 4.79 Å². The standard InChI is InChI=1S/C11H13BrN2O3/c1-7-5-8(3-4-9(7)12)14-10(15)6-13-11(16)17-2/h3-5H,6H2,1-2H3,(H,13,16)(H,14,15). The van der Waals surface area contributed by atoms with E-state index < -0.39 is 6.09 Å². The molecule has 0 heterocycles. The molecule has 0 radical (unpaired) electrons. The first-order valence-corrected chi connectivity index (χ1v) is 5.70. The Morgan fingerprint density at radius 1 is 1.41 bits per heavy atom. The van der Waals surface area contributed by atoms with Crippen LogP contribution in [-0.4, -0.2) is 25.7 Å². The van der Waals surface area contributed by atoms with Crippen LogP contribution in [0, 0.1) is 6.92 Å². The van der Waals surface area contributed by atoms with Gasteiger partial charge >= 0.3 is 6.09 Å². The molecule has 0 saturated carbocycles. The molecule has 0 aliphatic rings. The quantitative estimate of drug-likeness (QED) is 0.898. The van der Waals surface area contributed by atoms with Gasteiger partial charge in [-0.05, 0) is 30.7 Å². The number of anilines is 1. The average molecular weight is 301 g/mol. The van der Waals surface area contributed by atoms with Crippen molar-refractivity contribution < 1.29 is 14.3 Å². The lowest BCUT2D eigenvalue weighted by Crippen LogP contribution is -2.32. The Balaban J connectivity index is 2.50. The molecule has 0 spiro atoms. The van der Waals surface area contributed by atoms with Gasteiger partial charge in [0.15, 0.2) is 0 Å². The van der Waals surface area contributed by atoms with Crippen LogP contribution in [-0.2, 0) is 9.53 Å². The van der Waals surface area contributed by atoms with Crippen LogP contribution in [0.15, 0.2) is 22.7 Å². The normalized spacial score (nSPS) is 9.59. The third kappa shape index (κ3) is 4.44. The molecule has 2 amide bonds. The van der Waals surface area contributed by atoms with Crippen molar-refractivity contribution in [2.75, 3.05) is 19.0 Å². The molecule has 0 fully saturated rings. The molecule has 0 atom stereocenters. The molecule has 92 valence electrons. The van der Waals surface area contributed by atoms with Gasteiger partial charge < -0.3 is 15.4 Å². The van der Waals surface area contributed by atoms with Crippen molar-refractivity contribution in [2.45, 2.75) is 6.92 Å². The maximum absolute atomic E-state index is 11.4. The first-order chi connectivity index (χ1) is 8.02. The fourth-order valence-corrected chi connectivity index (χ4v) is 1.40. The second-order valence-corrected chi connectivity index (χ2v) is 4.21. The van der Waals surface area contributed by atoms with E-state index in [1.807, 2.05) is 19.1 Å².